The molecule has 1 saturated heterocycles. The molecule has 0 spiro atoms. The predicted octanol–water partition coefficient (Wildman–Crippen LogP) is 1.37. The highest BCUT2D eigenvalue weighted by Crippen LogP contribution is 2.31. The van der Waals surface area contributed by atoms with Crippen LogP contribution in [0.25, 0.3) is 0 Å². The third-order valence-electron chi connectivity index (χ3n) is 3.71. The largest absolute Gasteiger partial charge is 0.399 e. The minimum Gasteiger partial charge on any atom is -0.399 e. The average Bonchev–Trinajstić information content (AvgIpc) is 2.69. The van der Waals surface area contributed by atoms with Crippen LogP contribution < -0.4 is 11.1 Å². The Morgan fingerprint density at radius 3 is 2.89 bits per heavy atom. The van der Waals surface area contributed by atoms with Gasteiger partial charge < -0.3 is 11.1 Å². The number of hydrogen-bond donors (Lipinski definition) is 2. The van der Waals surface area contributed by atoms with Gasteiger partial charge in [0.25, 0.3) is 0 Å². The van der Waals surface area contributed by atoms with Gasteiger partial charge in [-0.15, -0.1) is 0 Å². The van der Waals surface area contributed by atoms with Crippen molar-refractivity contribution >= 4 is 11.6 Å². The topological polar surface area (TPSA) is 58.4 Å². The number of hydrogen-bond acceptors (Lipinski definition) is 3. The fourth-order valence-electron chi connectivity index (χ4n) is 2.70. The molecule has 1 heterocycles. The first-order valence-electron chi connectivity index (χ1n) is 6.42. The molecular formula is C14H20FN3O. The van der Waals surface area contributed by atoms with E-state index in [4.69, 9.17) is 5.73 Å². The lowest BCUT2D eigenvalue weighted by Gasteiger charge is -2.22. The van der Waals surface area contributed by atoms with Crippen molar-refractivity contribution in [2.75, 3.05) is 25.9 Å². The van der Waals surface area contributed by atoms with Gasteiger partial charge in [0.1, 0.15) is 5.82 Å². The van der Waals surface area contributed by atoms with Crippen LogP contribution in [0.1, 0.15) is 18.9 Å². The van der Waals surface area contributed by atoms with Gasteiger partial charge in [0.2, 0.25) is 5.91 Å². The Hall–Kier alpha value is -1.62. The first-order chi connectivity index (χ1) is 8.93. The normalized spacial score (nSPS) is 23.5. The van der Waals surface area contributed by atoms with Crippen molar-refractivity contribution in [2.24, 2.45) is 5.41 Å². The molecule has 1 unspecified atom stereocenters. The van der Waals surface area contributed by atoms with E-state index in [0.717, 1.165) is 18.5 Å². The molecule has 0 bridgehead atoms. The molecular weight excluding hydrogens is 245 g/mol. The Kier molecular flexibility index (Phi) is 3.75. The summed E-state index contributed by atoms with van der Waals surface area (Å²) in [7, 11) is 1.66. The fraction of sp³-hybridized carbons (Fsp3) is 0.500. The third-order valence-corrected chi connectivity index (χ3v) is 3.71. The van der Waals surface area contributed by atoms with Crippen LogP contribution in [0, 0.1) is 11.2 Å². The minimum atomic E-state index is -0.354. The lowest BCUT2D eigenvalue weighted by molar-refractivity contribution is -0.129. The Bertz CT molecular complexity index is 471. The third kappa shape index (κ3) is 3.04. The molecule has 3 N–H and O–H groups in total. The number of carbonyl (C=O) groups excluding carboxylic acids is 1. The van der Waals surface area contributed by atoms with Crippen LogP contribution in [-0.2, 0) is 11.3 Å². The van der Waals surface area contributed by atoms with Gasteiger partial charge in [0.05, 0.1) is 5.41 Å². The summed E-state index contributed by atoms with van der Waals surface area (Å²) in [5.41, 5.74) is 6.56. The number of rotatable bonds is 3. The van der Waals surface area contributed by atoms with Crippen molar-refractivity contribution in [3.63, 3.8) is 0 Å². The summed E-state index contributed by atoms with van der Waals surface area (Å²) >= 11 is 0. The molecule has 1 amide bonds. The zero-order valence-electron chi connectivity index (χ0n) is 11.4. The van der Waals surface area contributed by atoms with E-state index < -0.39 is 0 Å². The van der Waals surface area contributed by atoms with Crippen molar-refractivity contribution in [2.45, 2.75) is 19.9 Å². The molecule has 19 heavy (non-hydrogen) atoms. The number of anilines is 1. The molecule has 0 saturated carbocycles. The number of nitrogen functional groups attached to an aromatic ring is 1. The number of nitrogens with one attached hydrogen (secondary N) is 1. The van der Waals surface area contributed by atoms with Gasteiger partial charge >= 0.3 is 0 Å². The van der Waals surface area contributed by atoms with E-state index in [0.29, 0.717) is 18.8 Å². The van der Waals surface area contributed by atoms with Crippen molar-refractivity contribution in [3.8, 4) is 0 Å². The minimum absolute atomic E-state index is 0.0637. The van der Waals surface area contributed by atoms with Gasteiger partial charge in [-0.1, -0.05) is 0 Å². The molecule has 1 aliphatic heterocycles. The van der Waals surface area contributed by atoms with E-state index in [2.05, 4.69) is 10.2 Å². The molecule has 1 aromatic rings. The molecule has 0 aromatic heterocycles. The zero-order valence-corrected chi connectivity index (χ0v) is 11.4. The van der Waals surface area contributed by atoms with Crippen LogP contribution in [-0.4, -0.2) is 30.9 Å². The summed E-state index contributed by atoms with van der Waals surface area (Å²) in [6.45, 7) is 4.10. The summed E-state index contributed by atoms with van der Waals surface area (Å²) in [5, 5.41) is 2.70. The number of nitrogens with zero attached hydrogens (tertiary/aromatic N) is 1. The van der Waals surface area contributed by atoms with Gasteiger partial charge in [0.15, 0.2) is 0 Å². The number of benzene rings is 1. The summed E-state index contributed by atoms with van der Waals surface area (Å²) in [6, 6.07) is 4.58. The second-order valence-corrected chi connectivity index (χ2v) is 5.49. The highest BCUT2D eigenvalue weighted by atomic mass is 19.1. The lowest BCUT2D eigenvalue weighted by atomic mass is 9.89. The Balaban J connectivity index is 2.04. The smallest absolute Gasteiger partial charge is 0.227 e. The Morgan fingerprint density at radius 2 is 2.26 bits per heavy atom. The molecule has 0 aliphatic carbocycles. The fourth-order valence-corrected chi connectivity index (χ4v) is 2.70. The van der Waals surface area contributed by atoms with Crippen LogP contribution in [0.2, 0.25) is 0 Å². The van der Waals surface area contributed by atoms with E-state index >= 15 is 0 Å². The monoisotopic (exact) mass is 265 g/mol. The number of halogens is 1. The first-order valence-corrected chi connectivity index (χ1v) is 6.42. The molecule has 0 radical (unpaired) electrons. The van der Waals surface area contributed by atoms with Crippen molar-refractivity contribution < 1.29 is 9.18 Å². The number of likely N-dealkylation sites (tertiary alicyclic amines) is 1. The second kappa shape index (κ2) is 5.17. The Labute approximate surface area is 112 Å². The maximum atomic E-state index is 13.3. The van der Waals surface area contributed by atoms with Gasteiger partial charge in [-0.3, -0.25) is 9.69 Å². The van der Waals surface area contributed by atoms with Gasteiger partial charge in [-0.05, 0) is 43.7 Å². The number of carbonyl (C=O) groups is 1. The second-order valence-electron chi connectivity index (χ2n) is 5.49. The SMILES string of the molecule is CNC(=O)C1(C)CCN(Cc2cc(N)cc(F)c2)C1. The van der Waals surface area contributed by atoms with Crippen LogP contribution in [0.3, 0.4) is 0 Å². The van der Waals surface area contributed by atoms with E-state index in [9.17, 15) is 9.18 Å². The van der Waals surface area contributed by atoms with Crippen molar-refractivity contribution in [1.29, 1.82) is 0 Å². The van der Waals surface area contributed by atoms with Gasteiger partial charge in [-0.25, -0.2) is 4.39 Å². The van der Waals surface area contributed by atoms with Gasteiger partial charge in [0, 0.05) is 25.8 Å². The number of amides is 1. The molecule has 1 fully saturated rings. The molecule has 1 aromatic carbocycles. The van der Waals surface area contributed by atoms with Crippen LogP contribution in [0.4, 0.5) is 10.1 Å². The highest BCUT2D eigenvalue weighted by Gasteiger charge is 2.39. The van der Waals surface area contributed by atoms with Crippen LogP contribution in [0.15, 0.2) is 18.2 Å². The summed E-state index contributed by atoms with van der Waals surface area (Å²) in [6.07, 6.45) is 0.817. The molecule has 2 rings (SSSR count). The van der Waals surface area contributed by atoms with Crippen LogP contribution in [0.5, 0.6) is 0 Å². The first kappa shape index (κ1) is 13.8. The summed E-state index contributed by atoms with van der Waals surface area (Å²) in [5.74, 6) is -0.253. The summed E-state index contributed by atoms with van der Waals surface area (Å²) in [4.78, 5) is 14.0. The van der Waals surface area contributed by atoms with Crippen molar-refractivity contribution in [1.82, 2.24) is 10.2 Å². The molecule has 1 aliphatic rings. The maximum absolute atomic E-state index is 13.3. The highest BCUT2D eigenvalue weighted by molar-refractivity contribution is 5.82. The predicted molar refractivity (Wildman–Crippen MR) is 72.9 cm³/mol. The maximum Gasteiger partial charge on any atom is 0.227 e. The lowest BCUT2D eigenvalue weighted by Crippen LogP contribution is -2.39. The van der Waals surface area contributed by atoms with Crippen LogP contribution >= 0.6 is 0 Å². The molecule has 4 nitrogen and oxygen atoms in total. The molecule has 1 atom stereocenters. The zero-order chi connectivity index (χ0) is 14.0. The standard InChI is InChI=1S/C14H20FN3O/c1-14(13(19)17-2)3-4-18(9-14)8-10-5-11(15)7-12(16)6-10/h5-7H,3-4,8-9,16H2,1-2H3,(H,17,19). The van der Waals surface area contributed by atoms with Crippen molar-refractivity contribution in [3.05, 3.63) is 29.6 Å². The van der Waals surface area contributed by atoms with Gasteiger partial charge in [-0.2, -0.15) is 0 Å². The molecule has 104 valence electrons. The van der Waals surface area contributed by atoms with E-state index in [1.807, 2.05) is 6.92 Å². The average molecular weight is 265 g/mol. The Morgan fingerprint density at radius 1 is 1.53 bits per heavy atom. The summed E-state index contributed by atoms with van der Waals surface area (Å²) < 4.78 is 13.3. The number of nitrogens with two attached hydrogens (primary N) is 1. The molecule has 5 heteroatoms. The quantitative estimate of drug-likeness (QED) is 0.811. The van der Waals surface area contributed by atoms with E-state index in [1.165, 1.54) is 12.1 Å². The van der Waals surface area contributed by atoms with E-state index in [1.54, 1.807) is 13.1 Å². The van der Waals surface area contributed by atoms with E-state index in [-0.39, 0.29) is 17.1 Å².